The van der Waals surface area contributed by atoms with Gasteiger partial charge < -0.3 is 10.1 Å². The van der Waals surface area contributed by atoms with Crippen molar-refractivity contribution in [2.75, 3.05) is 13.1 Å². The molecule has 1 unspecified atom stereocenters. The van der Waals surface area contributed by atoms with Crippen LogP contribution in [0.5, 0.6) is 0 Å². The van der Waals surface area contributed by atoms with Crippen molar-refractivity contribution in [3.05, 3.63) is 34.9 Å². The molecule has 1 fully saturated rings. The second-order valence-corrected chi connectivity index (χ2v) is 5.32. The van der Waals surface area contributed by atoms with E-state index in [2.05, 4.69) is 5.16 Å². The SMILES string of the molecule is CC1CN(C(=O)Cc2ccc(Cl)cc2)CC/C1=N\O. The molecule has 102 valence electrons. The first kappa shape index (κ1) is 13.9. The van der Waals surface area contributed by atoms with E-state index >= 15 is 0 Å². The molecule has 0 aliphatic carbocycles. The molecular weight excluding hydrogens is 264 g/mol. The van der Waals surface area contributed by atoms with Crippen LogP contribution in [-0.4, -0.2) is 34.8 Å². The summed E-state index contributed by atoms with van der Waals surface area (Å²) in [5.41, 5.74) is 1.74. The van der Waals surface area contributed by atoms with E-state index in [-0.39, 0.29) is 11.8 Å². The Labute approximate surface area is 117 Å². The maximum absolute atomic E-state index is 12.2. The van der Waals surface area contributed by atoms with Crippen molar-refractivity contribution in [3.63, 3.8) is 0 Å². The summed E-state index contributed by atoms with van der Waals surface area (Å²) in [6, 6.07) is 7.32. The molecule has 0 spiro atoms. The number of hydrogen-bond donors (Lipinski definition) is 1. The summed E-state index contributed by atoms with van der Waals surface area (Å²) in [5, 5.41) is 12.8. The van der Waals surface area contributed by atoms with Crippen LogP contribution in [0, 0.1) is 5.92 Å². The molecule has 19 heavy (non-hydrogen) atoms. The van der Waals surface area contributed by atoms with Crippen molar-refractivity contribution in [3.8, 4) is 0 Å². The summed E-state index contributed by atoms with van der Waals surface area (Å²) in [7, 11) is 0. The Balaban J connectivity index is 1.96. The van der Waals surface area contributed by atoms with Gasteiger partial charge in [-0.3, -0.25) is 4.79 Å². The number of piperidine rings is 1. The van der Waals surface area contributed by atoms with Crippen LogP contribution in [-0.2, 0) is 11.2 Å². The molecule has 5 heteroatoms. The molecule has 0 bridgehead atoms. The van der Waals surface area contributed by atoms with Crippen LogP contribution in [0.2, 0.25) is 5.02 Å². The first-order valence-electron chi connectivity index (χ1n) is 6.33. The van der Waals surface area contributed by atoms with Crippen LogP contribution < -0.4 is 0 Å². The first-order valence-corrected chi connectivity index (χ1v) is 6.71. The van der Waals surface area contributed by atoms with Gasteiger partial charge in [-0.2, -0.15) is 0 Å². The van der Waals surface area contributed by atoms with Gasteiger partial charge >= 0.3 is 0 Å². The molecule has 0 aromatic heterocycles. The van der Waals surface area contributed by atoms with Crippen molar-refractivity contribution in [1.29, 1.82) is 0 Å². The Morgan fingerprint density at radius 2 is 2.16 bits per heavy atom. The summed E-state index contributed by atoms with van der Waals surface area (Å²) in [5.74, 6) is 0.221. The minimum absolute atomic E-state index is 0.103. The van der Waals surface area contributed by atoms with Crippen LogP contribution in [0.3, 0.4) is 0 Å². The van der Waals surface area contributed by atoms with Gasteiger partial charge in [-0.1, -0.05) is 35.8 Å². The lowest BCUT2D eigenvalue weighted by Crippen LogP contribution is -2.43. The summed E-state index contributed by atoms with van der Waals surface area (Å²) >= 11 is 5.82. The number of carbonyl (C=O) groups is 1. The van der Waals surface area contributed by atoms with Crippen molar-refractivity contribution in [2.45, 2.75) is 19.8 Å². The van der Waals surface area contributed by atoms with Crippen molar-refractivity contribution in [2.24, 2.45) is 11.1 Å². The summed E-state index contributed by atoms with van der Waals surface area (Å²) in [6.45, 7) is 3.21. The normalized spacial score (nSPS) is 21.7. The highest BCUT2D eigenvalue weighted by Crippen LogP contribution is 2.16. The number of likely N-dealkylation sites (tertiary alicyclic amines) is 1. The summed E-state index contributed by atoms with van der Waals surface area (Å²) < 4.78 is 0. The van der Waals surface area contributed by atoms with Crippen LogP contribution in [0.25, 0.3) is 0 Å². The van der Waals surface area contributed by atoms with Gasteiger partial charge in [-0.15, -0.1) is 0 Å². The number of benzene rings is 1. The maximum atomic E-state index is 12.2. The quantitative estimate of drug-likeness (QED) is 0.669. The number of halogens is 1. The number of oxime groups is 1. The molecule has 2 rings (SSSR count). The number of nitrogens with zero attached hydrogens (tertiary/aromatic N) is 2. The monoisotopic (exact) mass is 280 g/mol. The Bertz CT molecular complexity index is 485. The van der Waals surface area contributed by atoms with Crippen molar-refractivity contribution in [1.82, 2.24) is 4.90 Å². The molecule has 1 aliphatic heterocycles. The number of carbonyl (C=O) groups excluding carboxylic acids is 1. The van der Waals surface area contributed by atoms with E-state index in [4.69, 9.17) is 16.8 Å². The highest BCUT2D eigenvalue weighted by Gasteiger charge is 2.25. The third-order valence-corrected chi connectivity index (χ3v) is 3.70. The third kappa shape index (κ3) is 3.47. The van der Waals surface area contributed by atoms with E-state index in [9.17, 15) is 4.79 Å². The Morgan fingerprint density at radius 3 is 2.74 bits per heavy atom. The molecule has 1 heterocycles. The standard InChI is InChI=1S/C14H17ClN2O2/c1-10-9-17(7-6-13(10)16-19)14(18)8-11-2-4-12(15)5-3-11/h2-5,10,19H,6-9H2,1H3/b16-13+. The van der Waals surface area contributed by atoms with Crippen LogP contribution in [0.15, 0.2) is 29.4 Å². The molecule has 1 N–H and O–H groups in total. The van der Waals surface area contributed by atoms with Crippen LogP contribution in [0.1, 0.15) is 18.9 Å². The summed E-state index contributed by atoms with van der Waals surface area (Å²) in [6.07, 6.45) is 1.03. The molecule has 1 saturated heterocycles. The molecule has 0 radical (unpaired) electrons. The Kier molecular flexibility index (Phi) is 4.43. The topological polar surface area (TPSA) is 52.9 Å². The highest BCUT2D eigenvalue weighted by atomic mass is 35.5. The van der Waals surface area contributed by atoms with Gasteiger partial charge in [-0.25, -0.2) is 0 Å². The summed E-state index contributed by atoms with van der Waals surface area (Å²) in [4.78, 5) is 14.0. The lowest BCUT2D eigenvalue weighted by atomic mass is 9.97. The fourth-order valence-corrected chi connectivity index (χ4v) is 2.41. The zero-order valence-corrected chi connectivity index (χ0v) is 11.6. The van der Waals surface area contributed by atoms with E-state index in [0.29, 0.717) is 31.0 Å². The number of hydrogen-bond acceptors (Lipinski definition) is 3. The predicted molar refractivity (Wildman–Crippen MR) is 74.7 cm³/mol. The van der Waals surface area contributed by atoms with Gasteiger partial charge in [0.2, 0.25) is 5.91 Å². The molecule has 1 atom stereocenters. The van der Waals surface area contributed by atoms with Crippen LogP contribution >= 0.6 is 11.6 Å². The Hall–Kier alpha value is -1.55. The van der Waals surface area contributed by atoms with Gasteiger partial charge in [0.1, 0.15) is 0 Å². The predicted octanol–water partition coefficient (Wildman–Crippen LogP) is 2.58. The van der Waals surface area contributed by atoms with E-state index in [0.717, 1.165) is 11.3 Å². The second kappa shape index (κ2) is 6.06. The van der Waals surface area contributed by atoms with E-state index in [1.807, 2.05) is 24.0 Å². The van der Waals surface area contributed by atoms with Gasteiger partial charge in [0.25, 0.3) is 0 Å². The van der Waals surface area contributed by atoms with Gasteiger partial charge in [0.05, 0.1) is 12.1 Å². The lowest BCUT2D eigenvalue weighted by molar-refractivity contribution is -0.131. The maximum Gasteiger partial charge on any atom is 0.227 e. The number of amides is 1. The lowest BCUT2D eigenvalue weighted by Gasteiger charge is -2.31. The average Bonchev–Trinajstić information content (AvgIpc) is 2.41. The fraction of sp³-hybridized carbons (Fsp3) is 0.429. The largest absolute Gasteiger partial charge is 0.411 e. The number of rotatable bonds is 2. The van der Waals surface area contributed by atoms with Crippen LogP contribution in [0.4, 0.5) is 0 Å². The Morgan fingerprint density at radius 1 is 1.47 bits per heavy atom. The molecule has 4 nitrogen and oxygen atoms in total. The molecule has 1 aliphatic rings. The smallest absolute Gasteiger partial charge is 0.227 e. The zero-order chi connectivity index (χ0) is 13.8. The first-order chi connectivity index (χ1) is 9.10. The van der Waals surface area contributed by atoms with E-state index in [1.165, 1.54) is 0 Å². The fourth-order valence-electron chi connectivity index (χ4n) is 2.29. The minimum Gasteiger partial charge on any atom is -0.411 e. The van der Waals surface area contributed by atoms with E-state index in [1.54, 1.807) is 12.1 Å². The van der Waals surface area contributed by atoms with Crippen molar-refractivity contribution < 1.29 is 10.0 Å². The molecule has 1 aromatic carbocycles. The second-order valence-electron chi connectivity index (χ2n) is 4.89. The van der Waals surface area contributed by atoms with Crippen molar-refractivity contribution >= 4 is 23.2 Å². The average molecular weight is 281 g/mol. The zero-order valence-electron chi connectivity index (χ0n) is 10.8. The molecule has 1 amide bonds. The van der Waals surface area contributed by atoms with Gasteiger partial charge in [0.15, 0.2) is 0 Å². The van der Waals surface area contributed by atoms with Gasteiger partial charge in [-0.05, 0) is 17.7 Å². The van der Waals surface area contributed by atoms with Gasteiger partial charge in [0, 0.05) is 30.5 Å². The molecule has 1 aromatic rings. The van der Waals surface area contributed by atoms with E-state index < -0.39 is 0 Å². The minimum atomic E-state index is 0.103. The molecular formula is C14H17ClN2O2. The third-order valence-electron chi connectivity index (χ3n) is 3.45. The molecule has 0 saturated carbocycles. The highest BCUT2D eigenvalue weighted by molar-refractivity contribution is 6.30.